The van der Waals surface area contributed by atoms with E-state index in [4.69, 9.17) is 15.6 Å². The van der Waals surface area contributed by atoms with Gasteiger partial charge in [0.15, 0.2) is 5.60 Å². The maximum Gasteiger partial charge on any atom is 0.335 e. The predicted molar refractivity (Wildman–Crippen MR) is 72.2 cm³/mol. The fourth-order valence-electron chi connectivity index (χ4n) is 2.30. The van der Waals surface area contributed by atoms with Gasteiger partial charge in [-0.15, -0.1) is 0 Å². The maximum atomic E-state index is 11.4. The van der Waals surface area contributed by atoms with Crippen LogP contribution in [0.2, 0.25) is 0 Å². The van der Waals surface area contributed by atoms with Gasteiger partial charge >= 0.3 is 5.97 Å². The average Bonchev–Trinajstić information content (AvgIpc) is 2.39. The highest BCUT2D eigenvalue weighted by molar-refractivity contribution is 5.87. The van der Waals surface area contributed by atoms with E-state index in [0.717, 1.165) is 5.56 Å². The molecule has 1 aliphatic rings. The van der Waals surface area contributed by atoms with E-state index >= 15 is 0 Å². The molecule has 1 aromatic carbocycles. The summed E-state index contributed by atoms with van der Waals surface area (Å²) < 4.78 is 5.45. The number of primary amides is 1. The molecule has 1 atom stereocenters. The summed E-state index contributed by atoms with van der Waals surface area (Å²) in [5.74, 6) is -1.43. The molecule has 0 unspecified atom stereocenters. The Bertz CT molecular complexity index is 532. The minimum Gasteiger partial charge on any atom is -0.478 e. The fraction of sp³-hybridized carbons (Fsp3) is 0.429. The Balaban J connectivity index is 2.08. The third kappa shape index (κ3) is 3.15. The first kappa shape index (κ1) is 14.5. The number of rotatable bonds is 4. The van der Waals surface area contributed by atoms with E-state index in [0.29, 0.717) is 26.2 Å². The van der Waals surface area contributed by atoms with Crippen molar-refractivity contribution in [2.24, 2.45) is 5.73 Å². The van der Waals surface area contributed by atoms with Crippen molar-refractivity contribution in [2.45, 2.75) is 19.1 Å². The van der Waals surface area contributed by atoms with Crippen LogP contribution in [0.4, 0.5) is 0 Å². The second kappa shape index (κ2) is 5.60. The molecule has 0 radical (unpaired) electrons. The Hall–Kier alpha value is -1.92. The fourth-order valence-corrected chi connectivity index (χ4v) is 2.30. The molecule has 0 saturated carbocycles. The molecule has 0 aromatic heterocycles. The lowest BCUT2D eigenvalue weighted by Crippen LogP contribution is -2.56. The number of carbonyl (C=O) groups is 2. The summed E-state index contributed by atoms with van der Waals surface area (Å²) in [4.78, 5) is 24.4. The van der Waals surface area contributed by atoms with Gasteiger partial charge in [-0.1, -0.05) is 12.1 Å². The van der Waals surface area contributed by atoms with Crippen molar-refractivity contribution in [3.63, 3.8) is 0 Å². The van der Waals surface area contributed by atoms with Crippen molar-refractivity contribution in [3.05, 3.63) is 35.4 Å². The molecule has 1 saturated heterocycles. The summed E-state index contributed by atoms with van der Waals surface area (Å²) in [6.45, 7) is 3.75. The Labute approximate surface area is 117 Å². The number of benzene rings is 1. The molecule has 6 heteroatoms. The number of carbonyl (C=O) groups excluding carboxylic acids is 1. The van der Waals surface area contributed by atoms with Crippen molar-refractivity contribution < 1.29 is 19.4 Å². The zero-order valence-corrected chi connectivity index (χ0v) is 11.3. The zero-order valence-electron chi connectivity index (χ0n) is 11.3. The van der Waals surface area contributed by atoms with E-state index in [1.807, 2.05) is 11.0 Å². The van der Waals surface area contributed by atoms with Crippen LogP contribution in [0, 0.1) is 0 Å². The molecule has 1 amide bonds. The molecule has 108 valence electrons. The van der Waals surface area contributed by atoms with Crippen molar-refractivity contribution in [2.75, 3.05) is 19.7 Å². The maximum absolute atomic E-state index is 11.4. The molecule has 1 fully saturated rings. The van der Waals surface area contributed by atoms with Gasteiger partial charge < -0.3 is 15.6 Å². The number of carboxylic acid groups (broad SMARTS) is 1. The second-order valence-electron chi connectivity index (χ2n) is 5.16. The molecule has 0 bridgehead atoms. The molecule has 0 aliphatic carbocycles. The number of amides is 1. The highest BCUT2D eigenvalue weighted by atomic mass is 16.5. The Morgan fingerprint density at radius 1 is 1.50 bits per heavy atom. The minimum atomic E-state index is -0.983. The monoisotopic (exact) mass is 278 g/mol. The predicted octanol–water partition coefficient (Wildman–Crippen LogP) is 0.461. The van der Waals surface area contributed by atoms with Crippen LogP contribution in [0.15, 0.2) is 24.3 Å². The van der Waals surface area contributed by atoms with Crippen LogP contribution in [-0.4, -0.2) is 47.2 Å². The number of nitrogens with two attached hydrogens (primary N) is 1. The van der Waals surface area contributed by atoms with Crippen molar-refractivity contribution in [1.82, 2.24) is 4.90 Å². The number of aromatic carboxylic acids is 1. The van der Waals surface area contributed by atoms with Gasteiger partial charge in [0.1, 0.15) is 0 Å². The van der Waals surface area contributed by atoms with Crippen molar-refractivity contribution >= 4 is 11.9 Å². The molecule has 0 spiro atoms. The quantitative estimate of drug-likeness (QED) is 0.834. The molecule has 20 heavy (non-hydrogen) atoms. The average molecular weight is 278 g/mol. The molecular formula is C14H18N2O4. The second-order valence-corrected chi connectivity index (χ2v) is 5.16. The van der Waals surface area contributed by atoms with Gasteiger partial charge in [0.2, 0.25) is 0 Å². The molecule has 6 nitrogen and oxygen atoms in total. The van der Waals surface area contributed by atoms with E-state index in [1.54, 1.807) is 25.1 Å². The van der Waals surface area contributed by atoms with Crippen LogP contribution < -0.4 is 5.73 Å². The van der Waals surface area contributed by atoms with E-state index in [-0.39, 0.29) is 5.56 Å². The van der Waals surface area contributed by atoms with E-state index in [1.165, 1.54) is 0 Å². The largest absolute Gasteiger partial charge is 0.478 e. The number of carboxylic acids is 1. The molecule has 1 heterocycles. The normalized spacial score (nSPS) is 23.4. The Morgan fingerprint density at radius 3 is 2.90 bits per heavy atom. The summed E-state index contributed by atoms with van der Waals surface area (Å²) >= 11 is 0. The number of ether oxygens (including phenoxy) is 1. The van der Waals surface area contributed by atoms with Crippen LogP contribution in [0.1, 0.15) is 22.8 Å². The molecule has 3 N–H and O–H groups in total. The topological polar surface area (TPSA) is 92.9 Å². The minimum absolute atomic E-state index is 0.258. The van der Waals surface area contributed by atoms with Gasteiger partial charge in [0.05, 0.1) is 12.2 Å². The van der Waals surface area contributed by atoms with Crippen LogP contribution in [0.3, 0.4) is 0 Å². The number of hydrogen-bond donors (Lipinski definition) is 2. The Kier molecular flexibility index (Phi) is 4.06. The van der Waals surface area contributed by atoms with E-state index in [2.05, 4.69) is 0 Å². The van der Waals surface area contributed by atoms with Gasteiger partial charge in [0, 0.05) is 19.6 Å². The highest BCUT2D eigenvalue weighted by Gasteiger charge is 2.37. The molecule has 1 aromatic rings. The third-order valence-corrected chi connectivity index (χ3v) is 3.45. The summed E-state index contributed by atoms with van der Waals surface area (Å²) in [6.07, 6.45) is 0. The summed E-state index contributed by atoms with van der Waals surface area (Å²) in [7, 11) is 0. The van der Waals surface area contributed by atoms with Gasteiger partial charge in [0.25, 0.3) is 5.91 Å². The van der Waals surface area contributed by atoms with Crippen LogP contribution in [-0.2, 0) is 16.1 Å². The lowest BCUT2D eigenvalue weighted by atomic mass is 10.0. The summed E-state index contributed by atoms with van der Waals surface area (Å²) in [5, 5.41) is 8.98. The van der Waals surface area contributed by atoms with Gasteiger partial charge in [-0.25, -0.2) is 4.79 Å². The zero-order chi connectivity index (χ0) is 14.8. The molecule has 2 rings (SSSR count). The number of nitrogens with zero attached hydrogens (tertiary/aromatic N) is 1. The SMILES string of the molecule is C[C@]1(C(N)=O)CN(Cc2cccc(C(=O)O)c2)CCO1. The van der Waals surface area contributed by atoms with Gasteiger partial charge in [-0.05, 0) is 24.6 Å². The van der Waals surface area contributed by atoms with Crippen molar-refractivity contribution in [3.8, 4) is 0 Å². The molecule has 1 aliphatic heterocycles. The van der Waals surface area contributed by atoms with E-state index < -0.39 is 17.5 Å². The Morgan fingerprint density at radius 2 is 2.25 bits per heavy atom. The van der Waals surface area contributed by atoms with Crippen molar-refractivity contribution in [1.29, 1.82) is 0 Å². The van der Waals surface area contributed by atoms with Crippen LogP contribution in [0.25, 0.3) is 0 Å². The first-order chi connectivity index (χ1) is 9.40. The van der Waals surface area contributed by atoms with Crippen LogP contribution >= 0.6 is 0 Å². The summed E-state index contributed by atoms with van der Waals surface area (Å²) in [6, 6.07) is 6.77. The van der Waals surface area contributed by atoms with E-state index in [9.17, 15) is 9.59 Å². The lowest BCUT2D eigenvalue weighted by molar-refractivity contribution is -0.153. The summed E-state index contributed by atoms with van der Waals surface area (Å²) in [5.41, 5.74) is 5.51. The number of morpholine rings is 1. The van der Waals surface area contributed by atoms with Gasteiger partial charge in [-0.2, -0.15) is 0 Å². The highest BCUT2D eigenvalue weighted by Crippen LogP contribution is 2.19. The number of hydrogen-bond acceptors (Lipinski definition) is 4. The first-order valence-electron chi connectivity index (χ1n) is 6.39. The van der Waals surface area contributed by atoms with Crippen LogP contribution in [0.5, 0.6) is 0 Å². The third-order valence-electron chi connectivity index (χ3n) is 3.45. The van der Waals surface area contributed by atoms with Gasteiger partial charge in [-0.3, -0.25) is 9.69 Å². The smallest absolute Gasteiger partial charge is 0.335 e. The first-order valence-corrected chi connectivity index (χ1v) is 6.39. The standard InChI is InChI=1S/C14H18N2O4/c1-14(13(15)19)9-16(5-6-20-14)8-10-3-2-4-11(7-10)12(17)18/h2-4,7H,5-6,8-9H2,1H3,(H2,15,19)(H,17,18)/t14-/m1/s1. The lowest BCUT2D eigenvalue weighted by Gasteiger charge is -2.38. The molecular weight excluding hydrogens is 260 g/mol.